The minimum absolute atomic E-state index is 0.247. The number of unbranched alkanes of at least 4 members (excludes halogenated alkanes) is 2. The number of rotatable bonds is 8. The lowest BCUT2D eigenvalue weighted by Gasteiger charge is -2.31. The van der Waals surface area contributed by atoms with Crippen LogP contribution in [0.1, 0.15) is 67.2 Å². The van der Waals surface area contributed by atoms with Crippen LogP contribution in [0.25, 0.3) is 0 Å². The maximum Gasteiger partial charge on any atom is 0.408 e. The minimum Gasteiger partial charge on any atom is -0.444 e. The molecule has 0 rings (SSSR count). The van der Waals surface area contributed by atoms with Crippen LogP contribution in [0.4, 0.5) is 4.79 Å². The largest absolute Gasteiger partial charge is 0.444 e. The van der Waals surface area contributed by atoms with Gasteiger partial charge in [-0.2, -0.15) is 0 Å². The van der Waals surface area contributed by atoms with Crippen molar-refractivity contribution in [2.75, 3.05) is 6.54 Å². The zero-order valence-corrected chi connectivity index (χ0v) is 15.8. The van der Waals surface area contributed by atoms with Crippen molar-refractivity contribution in [3.05, 3.63) is 0 Å². The third kappa shape index (κ3) is 10.9. The van der Waals surface area contributed by atoms with E-state index in [4.69, 9.17) is 10.5 Å². The summed E-state index contributed by atoms with van der Waals surface area (Å²) < 4.78 is 5.22. The Morgan fingerprint density at radius 2 is 1.58 bits per heavy atom. The number of alkyl carbamates (subject to hydrolysis) is 1. The monoisotopic (exact) mass is 343 g/mol. The number of primary amides is 1. The van der Waals surface area contributed by atoms with Crippen LogP contribution in [0.15, 0.2) is 0 Å². The van der Waals surface area contributed by atoms with E-state index >= 15 is 0 Å². The fraction of sp³-hybridized carbons (Fsp3) is 0.824. The van der Waals surface area contributed by atoms with E-state index in [1.54, 1.807) is 20.8 Å². The van der Waals surface area contributed by atoms with E-state index in [-0.39, 0.29) is 11.8 Å². The molecule has 0 aromatic carbocycles. The van der Waals surface area contributed by atoms with Crippen molar-refractivity contribution in [3.8, 4) is 0 Å². The summed E-state index contributed by atoms with van der Waals surface area (Å²) in [6, 6.07) is -0.696. The van der Waals surface area contributed by atoms with E-state index in [0.29, 0.717) is 19.4 Å². The topological polar surface area (TPSA) is 111 Å². The SMILES string of the molecule is CC(C)(C)OC(=O)N[C@H](C(=O)NCCCCCC(N)=O)C(C)(C)C. The maximum atomic E-state index is 12.4. The average Bonchev–Trinajstić information content (AvgIpc) is 2.36. The zero-order valence-electron chi connectivity index (χ0n) is 15.8. The van der Waals surface area contributed by atoms with Gasteiger partial charge in [0, 0.05) is 13.0 Å². The molecule has 0 heterocycles. The van der Waals surface area contributed by atoms with Crippen LogP contribution in [0.3, 0.4) is 0 Å². The Bertz CT molecular complexity index is 436. The van der Waals surface area contributed by atoms with Crippen molar-refractivity contribution in [2.45, 2.75) is 78.9 Å². The van der Waals surface area contributed by atoms with Crippen molar-refractivity contribution in [1.29, 1.82) is 0 Å². The van der Waals surface area contributed by atoms with E-state index in [9.17, 15) is 14.4 Å². The van der Waals surface area contributed by atoms with E-state index in [1.807, 2.05) is 20.8 Å². The van der Waals surface area contributed by atoms with Crippen LogP contribution in [-0.2, 0) is 14.3 Å². The summed E-state index contributed by atoms with van der Waals surface area (Å²) in [4.78, 5) is 35.0. The van der Waals surface area contributed by atoms with Crippen molar-refractivity contribution in [2.24, 2.45) is 11.1 Å². The number of hydrogen-bond donors (Lipinski definition) is 3. The molecule has 0 unspecified atom stereocenters. The van der Waals surface area contributed by atoms with Crippen LogP contribution in [0.2, 0.25) is 0 Å². The lowest BCUT2D eigenvalue weighted by atomic mass is 9.86. The minimum atomic E-state index is -0.696. The standard InChI is InChI=1S/C17H33N3O4/c1-16(2,3)13(20-15(23)24-17(4,5)6)14(22)19-11-9-7-8-10-12(18)21/h13H,7-11H2,1-6H3,(H2,18,21)(H,19,22)(H,20,23)/t13-/m1/s1. The van der Waals surface area contributed by atoms with Gasteiger partial charge in [-0.25, -0.2) is 4.79 Å². The first-order valence-electron chi connectivity index (χ1n) is 8.38. The molecule has 0 saturated carbocycles. The molecule has 0 aromatic rings. The first kappa shape index (κ1) is 22.2. The number of hydrogen-bond acceptors (Lipinski definition) is 4. The van der Waals surface area contributed by atoms with Crippen LogP contribution in [0.5, 0.6) is 0 Å². The van der Waals surface area contributed by atoms with Gasteiger partial charge in [0.1, 0.15) is 11.6 Å². The summed E-state index contributed by atoms with van der Waals surface area (Å²) in [5.41, 5.74) is 4.00. The second-order valence-corrected chi connectivity index (χ2v) is 8.01. The number of carbonyl (C=O) groups is 3. The predicted octanol–water partition coefficient (Wildman–Crippen LogP) is 2.09. The number of nitrogens with one attached hydrogen (secondary N) is 2. The molecule has 0 radical (unpaired) electrons. The highest BCUT2D eigenvalue weighted by molar-refractivity contribution is 5.86. The molecule has 0 aliphatic carbocycles. The summed E-state index contributed by atoms with van der Waals surface area (Å²) in [6.45, 7) is 11.4. The van der Waals surface area contributed by atoms with E-state index in [2.05, 4.69) is 10.6 Å². The van der Waals surface area contributed by atoms with Gasteiger partial charge < -0.3 is 21.1 Å². The molecule has 0 aliphatic heterocycles. The highest BCUT2D eigenvalue weighted by Gasteiger charge is 2.33. The van der Waals surface area contributed by atoms with Gasteiger partial charge in [-0.3, -0.25) is 9.59 Å². The number of carbonyl (C=O) groups excluding carboxylic acids is 3. The van der Waals surface area contributed by atoms with Crippen LogP contribution in [-0.4, -0.2) is 36.1 Å². The molecule has 3 amide bonds. The number of nitrogens with two attached hydrogens (primary N) is 1. The second kappa shape index (κ2) is 9.49. The lowest BCUT2D eigenvalue weighted by Crippen LogP contribution is -2.54. The van der Waals surface area contributed by atoms with Crippen LogP contribution in [0, 0.1) is 5.41 Å². The van der Waals surface area contributed by atoms with Gasteiger partial charge in [-0.05, 0) is 39.0 Å². The van der Waals surface area contributed by atoms with Gasteiger partial charge >= 0.3 is 6.09 Å². The second-order valence-electron chi connectivity index (χ2n) is 8.01. The quantitative estimate of drug-likeness (QED) is 0.586. The van der Waals surface area contributed by atoms with E-state index in [1.165, 1.54) is 0 Å². The number of amides is 3. The summed E-state index contributed by atoms with van der Waals surface area (Å²) in [5, 5.41) is 5.47. The molecule has 0 aliphatic rings. The highest BCUT2D eigenvalue weighted by atomic mass is 16.6. The van der Waals surface area contributed by atoms with Gasteiger partial charge in [-0.1, -0.05) is 27.2 Å². The molecule has 0 aromatic heterocycles. The fourth-order valence-electron chi connectivity index (χ4n) is 2.02. The number of ether oxygens (including phenoxy) is 1. The molecule has 0 bridgehead atoms. The Labute approximate surface area is 145 Å². The molecule has 4 N–H and O–H groups in total. The Morgan fingerprint density at radius 1 is 1.00 bits per heavy atom. The van der Waals surface area contributed by atoms with Crippen molar-refractivity contribution in [3.63, 3.8) is 0 Å². The van der Waals surface area contributed by atoms with Gasteiger partial charge in [0.2, 0.25) is 11.8 Å². The van der Waals surface area contributed by atoms with Gasteiger partial charge in [0.05, 0.1) is 0 Å². The predicted molar refractivity (Wildman–Crippen MR) is 93.3 cm³/mol. The first-order valence-corrected chi connectivity index (χ1v) is 8.38. The maximum absolute atomic E-state index is 12.4. The Morgan fingerprint density at radius 3 is 2.04 bits per heavy atom. The summed E-state index contributed by atoms with van der Waals surface area (Å²) >= 11 is 0. The molecule has 0 saturated heterocycles. The summed E-state index contributed by atoms with van der Waals surface area (Å²) in [7, 11) is 0. The third-order valence-electron chi connectivity index (χ3n) is 3.19. The molecule has 1 atom stereocenters. The normalized spacial score (nSPS) is 13.1. The molecule has 7 heteroatoms. The molecular weight excluding hydrogens is 310 g/mol. The highest BCUT2D eigenvalue weighted by Crippen LogP contribution is 2.20. The third-order valence-corrected chi connectivity index (χ3v) is 3.19. The van der Waals surface area contributed by atoms with Crippen molar-refractivity contribution in [1.82, 2.24) is 10.6 Å². The Kier molecular flexibility index (Phi) is 8.78. The summed E-state index contributed by atoms with van der Waals surface area (Å²) in [6.07, 6.45) is 2.02. The smallest absolute Gasteiger partial charge is 0.408 e. The van der Waals surface area contributed by atoms with Gasteiger partial charge in [0.15, 0.2) is 0 Å². The van der Waals surface area contributed by atoms with Crippen LogP contribution < -0.4 is 16.4 Å². The lowest BCUT2D eigenvalue weighted by molar-refractivity contribution is -0.125. The van der Waals surface area contributed by atoms with Crippen molar-refractivity contribution >= 4 is 17.9 Å². The Balaban J connectivity index is 4.43. The average molecular weight is 343 g/mol. The molecule has 0 spiro atoms. The molecular formula is C17H33N3O4. The van der Waals surface area contributed by atoms with Crippen molar-refractivity contribution < 1.29 is 19.1 Å². The molecule has 24 heavy (non-hydrogen) atoms. The van der Waals surface area contributed by atoms with Gasteiger partial charge in [0.25, 0.3) is 0 Å². The van der Waals surface area contributed by atoms with E-state index < -0.39 is 23.2 Å². The molecule has 140 valence electrons. The fourth-order valence-corrected chi connectivity index (χ4v) is 2.02. The molecule has 0 fully saturated rings. The molecule has 7 nitrogen and oxygen atoms in total. The van der Waals surface area contributed by atoms with E-state index in [0.717, 1.165) is 12.8 Å². The zero-order chi connectivity index (χ0) is 19.0. The van der Waals surface area contributed by atoms with Gasteiger partial charge in [-0.15, -0.1) is 0 Å². The summed E-state index contributed by atoms with van der Waals surface area (Å²) in [5.74, 6) is -0.559. The van der Waals surface area contributed by atoms with Crippen LogP contribution >= 0.6 is 0 Å². The first-order chi connectivity index (χ1) is 10.8. The Hall–Kier alpha value is -1.79.